The van der Waals surface area contributed by atoms with Gasteiger partial charge in [-0.15, -0.1) is 0 Å². The Kier molecular flexibility index (Phi) is 2.79. The molecular weight excluding hydrogens is 160 g/mol. The van der Waals surface area contributed by atoms with E-state index in [0.717, 1.165) is 6.54 Å². The summed E-state index contributed by atoms with van der Waals surface area (Å²) in [6.07, 6.45) is 6.46. The van der Waals surface area contributed by atoms with Crippen LogP contribution >= 0.6 is 0 Å². The molecule has 0 amide bonds. The van der Waals surface area contributed by atoms with Crippen LogP contribution in [0.15, 0.2) is 18.7 Å². The van der Waals surface area contributed by atoms with Gasteiger partial charge in [0.2, 0.25) is 6.33 Å². The van der Waals surface area contributed by atoms with Crippen molar-refractivity contribution in [3.05, 3.63) is 18.7 Å². The Morgan fingerprint density at radius 2 is 1.92 bits per heavy atom. The van der Waals surface area contributed by atoms with E-state index in [9.17, 15) is 0 Å². The Balaban J connectivity index is 2.70. The molecule has 0 fully saturated rings. The third kappa shape index (κ3) is 3.21. The molecule has 0 aliphatic heterocycles. The van der Waals surface area contributed by atoms with Crippen LogP contribution in [0.5, 0.6) is 0 Å². The second-order valence-electron chi connectivity index (χ2n) is 5.19. The first kappa shape index (κ1) is 10.3. The molecule has 0 radical (unpaired) electrons. The van der Waals surface area contributed by atoms with Crippen LogP contribution < -0.4 is 4.57 Å². The van der Waals surface area contributed by atoms with Crippen molar-refractivity contribution in [1.29, 1.82) is 0 Å². The van der Waals surface area contributed by atoms with E-state index in [4.69, 9.17) is 0 Å². The summed E-state index contributed by atoms with van der Waals surface area (Å²) in [6.45, 7) is 12.2. The van der Waals surface area contributed by atoms with Gasteiger partial charge in [-0.3, -0.25) is 0 Å². The smallest absolute Gasteiger partial charge is 0.236 e. The van der Waals surface area contributed by atoms with E-state index in [2.05, 4.69) is 62.5 Å². The predicted octanol–water partition coefficient (Wildman–Crippen LogP) is 2.40. The number of aromatic nitrogens is 2. The van der Waals surface area contributed by atoms with Crippen LogP contribution in [0.4, 0.5) is 0 Å². The maximum absolute atomic E-state index is 2.26. The van der Waals surface area contributed by atoms with Crippen LogP contribution in [0.25, 0.3) is 0 Å². The molecule has 74 valence electrons. The zero-order valence-corrected chi connectivity index (χ0v) is 9.41. The van der Waals surface area contributed by atoms with E-state index < -0.39 is 0 Å². The summed E-state index contributed by atoms with van der Waals surface area (Å²) in [5, 5.41) is 0. The van der Waals surface area contributed by atoms with Gasteiger partial charge in [-0.25, -0.2) is 9.13 Å². The highest BCUT2D eigenvalue weighted by molar-refractivity contribution is 4.70. The molecule has 2 nitrogen and oxygen atoms in total. The number of hydrogen-bond donors (Lipinski definition) is 0. The fourth-order valence-electron chi connectivity index (χ4n) is 1.36. The van der Waals surface area contributed by atoms with Gasteiger partial charge in [-0.05, 0) is 19.3 Å². The topological polar surface area (TPSA) is 8.81 Å². The van der Waals surface area contributed by atoms with E-state index in [0.29, 0.717) is 11.5 Å². The van der Waals surface area contributed by atoms with E-state index in [1.54, 1.807) is 0 Å². The Morgan fingerprint density at radius 1 is 1.31 bits per heavy atom. The van der Waals surface area contributed by atoms with Gasteiger partial charge in [0.25, 0.3) is 0 Å². The largest absolute Gasteiger partial charge is 0.243 e. The number of imidazole rings is 1. The van der Waals surface area contributed by atoms with Gasteiger partial charge < -0.3 is 0 Å². The molecule has 1 aromatic heterocycles. The van der Waals surface area contributed by atoms with E-state index in [1.165, 1.54) is 0 Å². The van der Waals surface area contributed by atoms with Gasteiger partial charge in [0.15, 0.2) is 0 Å². The van der Waals surface area contributed by atoms with Crippen molar-refractivity contribution >= 4 is 0 Å². The summed E-state index contributed by atoms with van der Waals surface area (Å²) in [4.78, 5) is 0. The molecule has 0 saturated carbocycles. The fraction of sp³-hybridized carbons (Fsp3) is 0.727. The summed E-state index contributed by atoms with van der Waals surface area (Å²) in [5.41, 5.74) is 0.355. The molecule has 1 heterocycles. The van der Waals surface area contributed by atoms with Gasteiger partial charge in [-0.2, -0.15) is 0 Å². The van der Waals surface area contributed by atoms with Gasteiger partial charge in [0.05, 0.1) is 12.6 Å². The molecule has 2 heteroatoms. The highest BCUT2D eigenvalue weighted by Crippen LogP contribution is 2.12. The van der Waals surface area contributed by atoms with Crippen LogP contribution in [0.1, 0.15) is 40.7 Å². The molecule has 0 aromatic carbocycles. The Morgan fingerprint density at radius 3 is 2.31 bits per heavy atom. The molecule has 0 unspecified atom stereocenters. The Bertz CT molecular complexity index is 266. The van der Waals surface area contributed by atoms with Crippen molar-refractivity contribution < 1.29 is 4.57 Å². The molecule has 0 atom stereocenters. The van der Waals surface area contributed by atoms with Crippen LogP contribution in [-0.2, 0) is 6.54 Å². The molecule has 0 bridgehead atoms. The van der Waals surface area contributed by atoms with Gasteiger partial charge in [0, 0.05) is 0 Å². The van der Waals surface area contributed by atoms with E-state index >= 15 is 0 Å². The molecule has 1 aromatic rings. The number of rotatable bonds is 2. The number of nitrogens with zero attached hydrogens (tertiary/aromatic N) is 2. The van der Waals surface area contributed by atoms with Crippen LogP contribution in [-0.4, -0.2) is 4.57 Å². The van der Waals surface area contributed by atoms with Crippen molar-refractivity contribution in [1.82, 2.24) is 4.57 Å². The zero-order chi connectivity index (χ0) is 10.1. The first-order valence-electron chi connectivity index (χ1n) is 4.95. The van der Waals surface area contributed by atoms with E-state index in [-0.39, 0.29) is 0 Å². The van der Waals surface area contributed by atoms with Crippen molar-refractivity contribution in [3.8, 4) is 0 Å². The molecule has 13 heavy (non-hydrogen) atoms. The van der Waals surface area contributed by atoms with Gasteiger partial charge >= 0.3 is 0 Å². The van der Waals surface area contributed by atoms with Crippen molar-refractivity contribution in [2.45, 2.75) is 47.2 Å². The Labute approximate surface area is 81.2 Å². The van der Waals surface area contributed by atoms with Crippen LogP contribution in [0.2, 0.25) is 0 Å². The van der Waals surface area contributed by atoms with Crippen LogP contribution in [0, 0.1) is 5.41 Å². The lowest BCUT2D eigenvalue weighted by atomic mass is 9.97. The molecule has 0 N–H and O–H groups in total. The van der Waals surface area contributed by atoms with Crippen molar-refractivity contribution in [3.63, 3.8) is 0 Å². The van der Waals surface area contributed by atoms with Crippen molar-refractivity contribution in [2.75, 3.05) is 0 Å². The maximum atomic E-state index is 2.26. The first-order chi connectivity index (χ1) is 5.88. The lowest BCUT2D eigenvalue weighted by molar-refractivity contribution is -0.707. The third-order valence-corrected chi connectivity index (χ3v) is 1.97. The lowest BCUT2D eigenvalue weighted by Crippen LogP contribution is -2.38. The minimum absolute atomic E-state index is 0.355. The van der Waals surface area contributed by atoms with Crippen LogP contribution in [0.3, 0.4) is 0 Å². The molecular formula is C11H21N2+. The normalized spacial score (nSPS) is 12.5. The quantitative estimate of drug-likeness (QED) is 0.620. The zero-order valence-electron chi connectivity index (χ0n) is 9.41. The molecule has 0 saturated heterocycles. The predicted molar refractivity (Wildman–Crippen MR) is 54.5 cm³/mol. The summed E-state index contributed by atoms with van der Waals surface area (Å²) in [6, 6.07) is 0.557. The number of hydrogen-bond acceptors (Lipinski definition) is 0. The molecule has 0 aliphatic carbocycles. The second-order valence-corrected chi connectivity index (χ2v) is 5.19. The molecule has 1 rings (SSSR count). The summed E-state index contributed by atoms with van der Waals surface area (Å²) < 4.78 is 4.48. The lowest BCUT2D eigenvalue weighted by Gasteiger charge is -2.14. The van der Waals surface area contributed by atoms with E-state index in [1.807, 2.05) is 0 Å². The summed E-state index contributed by atoms with van der Waals surface area (Å²) >= 11 is 0. The standard InChI is InChI=1S/C11H21N2/c1-10(2)13-7-6-12(9-13)8-11(3,4)5/h6-7,9-10H,8H2,1-5H3/q+1. The van der Waals surface area contributed by atoms with Crippen molar-refractivity contribution in [2.24, 2.45) is 5.41 Å². The van der Waals surface area contributed by atoms with Gasteiger partial charge in [0.1, 0.15) is 12.4 Å². The average Bonchev–Trinajstić information content (AvgIpc) is 2.31. The average molecular weight is 181 g/mol. The summed E-state index contributed by atoms with van der Waals surface area (Å²) in [5.74, 6) is 0. The third-order valence-electron chi connectivity index (χ3n) is 1.97. The summed E-state index contributed by atoms with van der Waals surface area (Å²) in [7, 11) is 0. The fourth-order valence-corrected chi connectivity index (χ4v) is 1.36. The first-order valence-corrected chi connectivity index (χ1v) is 4.95. The molecule has 0 aliphatic rings. The highest BCUT2D eigenvalue weighted by atomic mass is 15.1. The van der Waals surface area contributed by atoms with Gasteiger partial charge in [-0.1, -0.05) is 20.8 Å². The highest BCUT2D eigenvalue weighted by Gasteiger charge is 2.15. The monoisotopic (exact) mass is 181 g/mol. The second kappa shape index (κ2) is 3.52. The minimum atomic E-state index is 0.355. The Hall–Kier alpha value is -0.790. The minimum Gasteiger partial charge on any atom is -0.236 e. The molecule has 0 spiro atoms. The SMILES string of the molecule is CC(C)n1cc[n+](CC(C)(C)C)c1. The maximum Gasteiger partial charge on any atom is 0.243 e.